The molecule has 1 N–H and O–H groups in total. The summed E-state index contributed by atoms with van der Waals surface area (Å²) in [7, 11) is 0. The van der Waals surface area contributed by atoms with Crippen molar-refractivity contribution in [1.82, 2.24) is 0 Å². The summed E-state index contributed by atoms with van der Waals surface area (Å²) in [4.78, 5) is 20.1. The molecule has 0 radical (unpaired) electrons. The minimum atomic E-state index is -1.36. The number of carbonyl (C=O) groups excluding carboxylic acids is 1. The number of para-hydroxylation sites is 1. The van der Waals surface area contributed by atoms with E-state index < -0.39 is 5.43 Å². The van der Waals surface area contributed by atoms with Crippen LogP contribution in [-0.2, 0) is 4.79 Å². The number of hydrogen-bond donors (Lipinski definition) is 1. The average Bonchev–Trinajstić information content (AvgIpc) is 2.28. The number of carboxylic acid groups (broad SMARTS) is 1. The molecule has 0 fully saturated rings. The highest BCUT2D eigenvalue weighted by atomic mass is 35.5. The molecule has 0 aliphatic carbocycles. The first-order valence-electron chi connectivity index (χ1n) is 5.12. The predicted molar refractivity (Wildman–Crippen MR) is 65.4 cm³/mol. The van der Waals surface area contributed by atoms with Crippen molar-refractivity contribution in [2.45, 2.75) is 20.3 Å². The van der Waals surface area contributed by atoms with E-state index >= 15 is 0 Å². The second-order valence-electron chi connectivity index (χ2n) is 3.30. The SMILES string of the molecule is CCC(C)C(=O)Oc1ccccc1.O=C(O)Cl. The van der Waals surface area contributed by atoms with Crippen LogP contribution in [0, 0.1) is 5.92 Å². The monoisotopic (exact) mass is 258 g/mol. The quantitative estimate of drug-likeness (QED) is 0.512. The Hall–Kier alpha value is -1.55. The number of halogens is 1. The van der Waals surface area contributed by atoms with Crippen LogP contribution in [0.2, 0.25) is 0 Å². The Balaban J connectivity index is 0.000000557. The van der Waals surface area contributed by atoms with Gasteiger partial charge in [-0.15, -0.1) is 0 Å². The maximum Gasteiger partial charge on any atom is 0.401 e. The van der Waals surface area contributed by atoms with Crippen molar-refractivity contribution in [2.75, 3.05) is 0 Å². The van der Waals surface area contributed by atoms with E-state index in [0.29, 0.717) is 5.75 Å². The number of ether oxygens (including phenoxy) is 1. The molecular weight excluding hydrogens is 244 g/mol. The van der Waals surface area contributed by atoms with E-state index in [9.17, 15) is 4.79 Å². The van der Waals surface area contributed by atoms with Crippen molar-refractivity contribution in [3.05, 3.63) is 30.3 Å². The lowest BCUT2D eigenvalue weighted by Crippen LogP contribution is -2.16. The van der Waals surface area contributed by atoms with Crippen LogP contribution < -0.4 is 4.74 Å². The normalized spacial score (nSPS) is 10.8. The summed E-state index contributed by atoms with van der Waals surface area (Å²) in [6, 6.07) is 9.14. The second kappa shape index (κ2) is 8.58. The van der Waals surface area contributed by atoms with E-state index in [1.807, 2.05) is 32.0 Å². The smallest absolute Gasteiger partial charge is 0.401 e. The van der Waals surface area contributed by atoms with Crippen LogP contribution in [0.15, 0.2) is 30.3 Å². The lowest BCUT2D eigenvalue weighted by Gasteiger charge is -2.07. The van der Waals surface area contributed by atoms with E-state index in [0.717, 1.165) is 6.42 Å². The first kappa shape index (κ1) is 15.4. The fourth-order valence-electron chi connectivity index (χ4n) is 0.872. The van der Waals surface area contributed by atoms with Crippen molar-refractivity contribution < 1.29 is 19.4 Å². The van der Waals surface area contributed by atoms with Gasteiger partial charge in [-0.1, -0.05) is 32.0 Å². The molecule has 1 atom stereocenters. The van der Waals surface area contributed by atoms with Crippen molar-refractivity contribution in [2.24, 2.45) is 5.92 Å². The lowest BCUT2D eigenvalue weighted by molar-refractivity contribution is -0.138. The van der Waals surface area contributed by atoms with Crippen molar-refractivity contribution in [3.63, 3.8) is 0 Å². The summed E-state index contributed by atoms with van der Waals surface area (Å²) in [6.45, 7) is 3.84. The van der Waals surface area contributed by atoms with Gasteiger partial charge >= 0.3 is 11.4 Å². The maximum atomic E-state index is 11.3. The first-order valence-corrected chi connectivity index (χ1v) is 5.50. The van der Waals surface area contributed by atoms with Crippen molar-refractivity contribution >= 4 is 23.0 Å². The molecule has 17 heavy (non-hydrogen) atoms. The minimum Gasteiger partial charge on any atom is -0.469 e. The second-order valence-corrected chi connectivity index (χ2v) is 3.62. The van der Waals surface area contributed by atoms with E-state index in [1.54, 1.807) is 12.1 Å². The molecule has 1 rings (SSSR count). The van der Waals surface area contributed by atoms with Gasteiger partial charge in [0, 0.05) is 11.6 Å². The van der Waals surface area contributed by atoms with Gasteiger partial charge in [0.1, 0.15) is 5.75 Å². The highest BCUT2D eigenvalue weighted by Gasteiger charge is 2.12. The Morgan fingerprint density at radius 2 is 1.82 bits per heavy atom. The predicted octanol–water partition coefficient (Wildman–Crippen LogP) is 3.54. The van der Waals surface area contributed by atoms with Crippen molar-refractivity contribution in [1.29, 1.82) is 0 Å². The van der Waals surface area contributed by atoms with Gasteiger partial charge in [-0.2, -0.15) is 0 Å². The zero-order valence-electron chi connectivity index (χ0n) is 9.72. The number of benzene rings is 1. The average molecular weight is 259 g/mol. The van der Waals surface area contributed by atoms with Crippen LogP contribution >= 0.6 is 11.6 Å². The highest BCUT2D eigenvalue weighted by molar-refractivity contribution is 6.60. The number of carbonyl (C=O) groups is 2. The molecular formula is C12H15ClO4. The fourth-order valence-corrected chi connectivity index (χ4v) is 0.872. The largest absolute Gasteiger partial charge is 0.469 e. The Morgan fingerprint density at radius 3 is 2.24 bits per heavy atom. The van der Waals surface area contributed by atoms with Crippen LogP contribution in [0.25, 0.3) is 0 Å². The lowest BCUT2D eigenvalue weighted by atomic mass is 10.1. The highest BCUT2D eigenvalue weighted by Crippen LogP contribution is 2.12. The van der Waals surface area contributed by atoms with Crippen molar-refractivity contribution in [3.8, 4) is 5.75 Å². The summed E-state index contributed by atoms with van der Waals surface area (Å²) >= 11 is 4.19. The third kappa shape index (κ3) is 8.28. The minimum absolute atomic E-state index is 0.0276. The summed E-state index contributed by atoms with van der Waals surface area (Å²) in [5.74, 6) is 0.432. The molecule has 0 aliphatic rings. The summed E-state index contributed by atoms with van der Waals surface area (Å²) in [5.41, 5.74) is -1.36. The standard InChI is InChI=1S/C11H14O2.CHClO2/c1-3-9(2)11(12)13-10-7-5-4-6-8-10;2-1(3)4/h4-9H,3H2,1-2H3;(H,3,4). The fraction of sp³-hybridized carbons (Fsp3) is 0.333. The maximum absolute atomic E-state index is 11.3. The van der Waals surface area contributed by atoms with Gasteiger partial charge < -0.3 is 9.84 Å². The molecule has 0 amide bonds. The topological polar surface area (TPSA) is 63.6 Å². The van der Waals surface area contributed by atoms with E-state index in [-0.39, 0.29) is 11.9 Å². The van der Waals surface area contributed by atoms with E-state index in [2.05, 4.69) is 11.6 Å². The third-order valence-electron chi connectivity index (χ3n) is 1.98. The molecule has 0 aliphatic heterocycles. The summed E-state index contributed by atoms with van der Waals surface area (Å²) in [5, 5.41) is 7.18. The molecule has 0 bridgehead atoms. The summed E-state index contributed by atoms with van der Waals surface area (Å²) < 4.78 is 5.13. The first-order chi connectivity index (χ1) is 7.97. The van der Waals surface area contributed by atoms with Gasteiger partial charge in [0.15, 0.2) is 0 Å². The molecule has 94 valence electrons. The van der Waals surface area contributed by atoms with Gasteiger partial charge in [0.05, 0.1) is 5.92 Å². The Labute approximate surface area is 105 Å². The molecule has 1 aromatic carbocycles. The molecule has 4 nitrogen and oxygen atoms in total. The zero-order chi connectivity index (χ0) is 13.3. The Kier molecular flexibility index (Phi) is 7.80. The molecule has 0 heterocycles. The Bertz CT molecular complexity index is 347. The van der Waals surface area contributed by atoms with Crippen LogP contribution in [0.4, 0.5) is 4.79 Å². The van der Waals surface area contributed by atoms with Gasteiger partial charge in [0.2, 0.25) is 0 Å². The molecule has 0 aromatic heterocycles. The Morgan fingerprint density at radius 1 is 1.35 bits per heavy atom. The van der Waals surface area contributed by atoms with Crippen LogP contribution in [0.5, 0.6) is 5.75 Å². The summed E-state index contributed by atoms with van der Waals surface area (Å²) in [6.07, 6.45) is 0.811. The van der Waals surface area contributed by atoms with E-state index in [1.165, 1.54) is 0 Å². The third-order valence-corrected chi connectivity index (χ3v) is 1.98. The van der Waals surface area contributed by atoms with Gasteiger partial charge in [-0.25, -0.2) is 4.79 Å². The molecule has 1 aromatic rings. The molecule has 1 unspecified atom stereocenters. The van der Waals surface area contributed by atoms with Crippen LogP contribution in [0.3, 0.4) is 0 Å². The van der Waals surface area contributed by atoms with E-state index in [4.69, 9.17) is 14.6 Å². The van der Waals surface area contributed by atoms with Gasteiger partial charge in [-0.05, 0) is 18.6 Å². The molecule has 0 saturated heterocycles. The number of esters is 1. The molecule has 0 spiro atoms. The van der Waals surface area contributed by atoms with Crippen LogP contribution in [0.1, 0.15) is 20.3 Å². The zero-order valence-corrected chi connectivity index (χ0v) is 10.5. The molecule has 0 saturated carbocycles. The number of hydrogen-bond acceptors (Lipinski definition) is 3. The molecule has 5 heteroatoms. The number of rotatable bonds is 3. The van der Waals surface area contributed by atoms with Gasteiger partial charge in [-0.3, -0.25) is 4.79 Å². The van der Waals surface area contributed by atoms with Gasteiger partial charge in [0.25, 0.3) is 0 Å². The van der Waals surface area contributed by atoms with Crippen LogP contribution in [-0.4, -0.2) is 16.5 Å².